The molecule has 7 heteroatoms. The summed E-state index contributed by atoms with van der Waals surface area (Å²) in [4.78, 5) is 28.4. The van der Waals surface area contributed by atoms with Gasteiger partial charge in [0.15, 0.2) is 0 Å². The predicted octanol–water partition coefficient (Wildman–Crippen LogP) is 2.43. The number of ether oxygens (including phenoxy) is 2. The zero-order chi connectivity index (χ0) is 18.4. The first kappa shape index (κ1) is 19.1. The SMILES string of the molecule is CC[C@H](C)N(C)C(=O)Nc1cc(C(=O)N2CCOCC2)ccc1OC. The van der Waals surface area contributed by atoms with Crippen molar-refractivity contribution in [1.29, 1.82) is 0 Å². The second-order valence-electron chi connectivity index (χ2n) is 6.12. The van der Waals surface area contributed by atoms with Crippen molar-refractivity contribution in [3.05, 3.63) is 23.8 Å². The lowest BCUT2D eigenvalue weighted by Gasteiger charge is -2.27. The molecule has 1 atom stereocenters. The molecular formula is C18H27N3O4. The first-order chi connectivity index (χ1) is 12.0. The molecule has 0 saturated carbocycles. The van der Waals surface area contributed by atoms with E-state index < -0.39 is 0 Å². The molecule has 1 aromatic rings. The number of carbonyl (C=O) groups is 2. The molecule has 2 rings (SSSR count). The zero-order valence-electron chi connectivity index (χ0n) is 15.4. The number of hydrogen-bond donors (Lipinski definition) is 1. The Bertz CT molecular complexity index is 614. The number of anilines is 1. The van der Waals surface area contributed by atoms with Gasteiger partial charge in [-0.05, 0) is 31.5 Å². The molecule has 1 aliphatic heterocycles. The summed E-state index contributed by atoms with van der Waals surface area (Å²) < 4.78 is 10.6. The lowest BCUT2D eigenvalue weighted by molar-refractivity contribution is 0.0303. The van der Waals surface area contributed by atoms with Gasteiger partial charge in [-0.15, -0.1) is 0 Å². The number of amides is 3. The standard InChI is InChI=1S/C18H27N3O4/c1-5-13(2)20(3)18(23)19-15-12-14(6-7-16(15)24-4)17(22)21-8-10-25-11-9-21/h6-7,12-13H,5,8-11H2,1-4H3,(H,19,23)/t13-/m0/s1. The molecule has 138 valence electrons. The van der Waals surface area contributed by atoms with Gasteiger partial charge >= 0.3 is 6.03 Å². The van der Waals surface area contributed by atoms with Crippen molar-refractivity contribution in [2.75, 3.05) is 45.8 Å². The van der Waals surface area contributed by atoms with E-state index in [4.69, 9.17) is 9.47 Å². The second-order valence-corrected chi connectivity index (χ2v) is 6.12. The fourth-order valence-corrected chi connectivity index (χ4v) is 2.57. The monoisotopic (exact) mass is 349 g/mol. The van der Waals surface area contributed by atoms with Crippen LogP contribution in [-0.4, -0.2) is 68.2 Å². The molecule has 1 aliphatic rings. The van der Waals surface area contributed by atoms with E-state index in [1.165, 1.54) is 7.11 Å². The van der Waals surface area contributed by atoms with E-state index in [0.717, 1.165) is 6.42 Å². The van der Waals surface area contributed by atoms with E-state index in [1.54, 1.807) is 35.0 Å². The van der Waals surface area contributed by atoms with Crippen LogP contribution in [0.3, 0.4) is 0 Å². The highest BCUT2D eigenvalue weighted by Crippen LogP contribution is 2.27. The number of benzene rings is 1. The summed E-state index contributed by atoms with van der Waals surface area (Å²) in [5.74, 6) is 0.446. The fourth-order valence-electron chi connectivity index (χ4n) is 2.57. The van der Waals surface area contributed by atoms with Crippen LogP contribution in [0.2, 0.25) is 0 Å². The number of morpholine rings is 1. The molecule has 1 fully saturated rings. The molecule has 0 aromatic heterocycles. The molecule has 1 heterocycles. The summed E-state index contributed by atoms with van der Waals surface area (Å²) in [5.41, 5.74) is 1.01. The van der Waals surface area contributed by atoms with E-state index >= 15 is 0 Å². The van der Waals surface area contributed by atoms with Crippen LogP contribution in [0.15, 0.2) is 18.2 Å². The molecule has 0 spiro atoms. The average molecular weight is 349 g/mol. The Balaban J connectivity index is 2.18. The summed E-state index contributed by atoms with van der Waals surface area (Å²) >= 11 is 0. The lowest BCUT2D eigenvalue weighted by atomic mass is 10.1. The number of hydrogen-bond acceptors (Lipinski definition) is 4. The van der Waals surface area contributed by atoms with E-state index in [-0.39, 0.29) is 18.0 Å². The summed E-state index contributed by atoms with van der Waals surface area (Å²) in [6.45, 7) is 6.24. The minimum atomic E-state index is -0.233. The Hall–Kier alpha value is -2.28. The molecule has 0 bridgehead atoms. The van der Waals surface area contributed by atoms with Gasteiger partial charge in [0, 0.05) is 31.7 Å². The molecular weight excluding hydrogens is 322 g/mol. The largest absolute Gasteiger partial charge is 0.495 e. The minimum Gasteiger partial charge on any atom is -0.495 e. The summed E-state index contributed by atoms with van der Waals surface area (Å²) in [5, 5.41) is 2.84. The Morgan fingerprint density at radius 2 is 2.04 bits per heavy atom. The number of methoxy groups -OCH3 is 1. The van der Waals surface area contributed by atoms with Crippen molar-refractivity contribution in [3.63, 3.8) is 0 Å². The highest BCUT2D eigenvalue weighted by molar-refractivity contribution is 5.98. The number of urea groups is 1. The van der Waals surface area contributed by atoms with E-state index in [9.17, 15) is 9.59 Å². The third-order valence-corrected chi connectivity index (χ3v) is 4.56. The van der Waals surface area contributed by atoms with Crippen molar-refractivity contribution >= 4 is 17.6 Å². The van der Waals surface area contributed by atoms with Crippen molar-refractivity contribution in [3.8, 4) is 5.75 Å². The topological polar surface area (TPSA) is 71.1 Å². The number of nitrogens with one attached hydrogen (secondary N) is 1. The lowest BCUT2D eigenvalue weighted by Crippen LogP contribution is -2.40. The highest BCUT2D eigenvalue weighted by atomic mass is 16.5. The smallest absolute Gasteiger partial charge is 0.321 e. The van der Waals surface area contributed by atoms with Crippen molar-refractivity contribution in [2.45, 2.75) is 26.3 Å². The zero-order valence-corrected chi connectivity index (χ0v) is 15.4. The maximum atomic E-state index is 12.6. The van der Waals surface area contributed by atoms with Gasteiger partial charge in [-0.3, -0.25) is 4.79 Å². The van der Waals surface area contributed by atoms with Gasteiger partial charge in [-0.1, -0.05) is 6.92 Å². The molecule has 25 heavy (non-hydrogen) atoms. The maximum absolute atomic E-state index is 12.6. The van der Waals surface area contributed by atoms with Gasteiger partial charge < -0.3 is 24.6 Å². The first-order valence-electron chi connectivity index (χ1n) is 8.56. The van der Waals surface area contributed by atoms with Crippen LogP contribution in [0.5, 0.6) is 5.75 Å². The second kappa shape index (κ2) is 8.71. The predicted molar refractivity (Wildman–Crippen MR) is 96.3 cm³/mol. The van der Waals surface area contributed by atoms with Crippen LogP contribution < -0.4 is 10.1 Å². The Morgan fingerprint density at radius 3 is 2.64 bits per heavy atom. The van der Waals surface area contributed by atoms with Gasteiger partial charge in [0.1, 0.15) is 5.75 Å². The minimum absolute atomic E-state index is 0.0725. The Morgan fingerprint density at radius 1 is 1.36 bits per heavy atom. The molecule has 0 radical (unpaired) electrons. The third kappa shape index (κ3) is 4.63. The molecule has 1 N–H and O–H groups in total. The van der Waals surface area contributed by atoms with Gasteiger partial charge in [0.25, 0.3) is 5.91 Å². The molecule has 1 aromatic carbocycles. The molecule has 0 aliphatic carbocycles. The Kier molecular flexibility index (Phi) is 6.64. The van der Waals surface area contributed by atoms with Gasteiger partial charge in [0.05, 0.1) is 26.0 Å². The van der Waals surface area contributed by atoms with E-state index in [2.05, 4.69) is 5.32 Å². The van der Waals surface area contributed by atoms with Crippen LogP contribution >= 0.6 is 0 Å². The van der Waals surface area contributed by atoms with Crippen molar-refractivity contribution in [2.24, 2.45) is 0 Å². The molecule has 1 saturated heterocycles. The van der Waals surface area contributed by atoms with Crippen LogP contribution in [0.1, 0.15) is 30.6 Å². The normalized spacial score (nSPS) is 15.4. The van der Waals surface area contributed by atoms with Gasteiger partial charge in [0.2, 0.25) is 0 Å². The van der Waals surface area contributed by atoms with Gasteiger partial charge in [-0.2, -0.15) is 0 Å². The number of nitrogens with zero attached hydrogens (tertiary/aromatic N) is 2. The summed E-state index contributed by atoms with van der Waals surface area (Å²) in [6, 6.07) is 4.96. The molecule has 3 amide bonds. The average Bonchev–Trinajstić information content (AvgIpc) is 2.66. The maximum Gasteiger partial charge on any atom is 0.321 e. The Labute approximate surface area is 148 Å². The van der Waals surface area contributed by atoms with Crippen LogP contribution in [-0.2, 0) is 4.74 Å². The van der Waals surface area contributed by atoms with Crippen LogP contribution in [0.4, 0.5) is 10.5 Å². The third-order valence-electron chi connectivity index (χ3n) is 4.56. The quantitative estimate of drug-likeness (QED) is 0.886. The number of carbonyl (C=O) groups excluding carboxylic acids is 2. The highest BCUT2D eigenvalue weighted by Gasteiger charge is 2.21. The fraction of sp³-hybridized carbons (Fsp3) is 0.556. The number of rotatable bonds is 5. The molecule has 7 nitrogen and oxygen atoms in total. The summed E-state index contributed by atoms with van der Waals surface area (Å²) in [6.07, 6.45) is 0.858. The van der Waals surface area contributed by atoms with Crippen molar-refractivity contribution < 1.29 is 19.1 Å². The van der Waals surface area contributed by atoms with Crippen LogP contribution in [0.25, 0.3) is 0 Å². The van der Waals surface area contributed by atoms with Crippen molar-refractivity contribution in [1.82, 2.24) is 9.80 Å². The van der Waals surface area contributed by atoms with Gasteiger partial charge in [-0.25, -0.2) is 4.79 Å². The first-order valence-corrected chi connectivity index (χ1v) is 8.56. The van der Waals surface area contributed by atoms with Crippen LogP contribution in [0, 0.1) is 0 Å². The van der Waals surface area contributed by atoms with E-state index in [1.807, 2.05) is 13.8 Å². The molecule has 0 unspecified atom stereocenters. The van der Waals surface area contributed by atoms with E-state index in [0.29, 0.717) is 43.3 Å². The summed E-state index contributed by atoms with van der Waals surface area (Å²) in [7, 11) is 3.28.